The molecule has 0 atom stereocenters. The van der Waals surface area contributed by atoms with Crippen LogP contribution in [0.3, 0.4) is 0 Å². The molecule has 53 valence electrons. The van der Waals surface area contributed by atoms with Crippen LogP contribution >= 0.6 is 11.3 Å². The van der Waals surface area contributed by atoms with Gasteiger partial charge in [0.2, 0.25) is 0 Å². The third-order valence-electron chi connectivity index (χ3n) is 0.878. The van der Waals surface area contributed by atoms with Crippen LogP contribution in [0.1, 0.15) is 10.5 Å². The van der Waals surface area contributed by atoms with E-state index >= 15 is 0 Å². The van der Waals surface area contributed by atoms with Gasteiger partial charge in [0.25, 0.3) is 0 Å². The third kappa shape index (κ3) is 1.24. The molecule has 0 unspecified atom stereocenters. The Kier molecular flexibility index (Phi) is 1.86. The van der Waals surface area contributed by atoms with Gasteiger partial charge < -0.3 is 4.74 Å². The molecule has 0 saturated carbocycles. The maximum Gasteiger partial charge on any atom is 0.357 e. The first-order valence-electron chi connectivity index (χ1n) is 2.45. The minimum atomic E-state index is -0.571. The lowest BCUT2D eigenvalue weighted by molar-refractivity contribution is 0.0594. The van der Waals surface area contributed by atoms with Gasteiger partial charge in [0.15, 0.2) is 5.69 Å². The number of aromatic nitrogens is 1. The molecule has 1 radical (unpaired) electrons. The molecule has 0 fully saturated rings. The number of nitrogens with zero attached hydrogens (tertiary/aromatic N) is 1. The number of esters is 1. The van der Waals surface area contributed by atoms with Crippen LogP contribution in [-0.2, 0) is 9.84 Å². The summed E-state index contributed by atoms with van der Waals surface area (Å²) in [5.74, 6) is -0.571. The molecular formula is C5H4NO3S. The molecule has 0 aliphatic rings. The molecule has 0 aromatic carbocycles. The average Bonchev–Trinajstić information content (AvgIpc) is 2.34. The van der Waals surface area contributed by atoms with Gasteiger partial charge >= 0.3 is 11.2 Å². The molecule has 0 aliphatic heterocycles. The maximum atomic E-state index is 10.6. The van der Waals surface area contributed by atoms with Gasteiger partial charge in [0.1, 0.15) is 0 Å². The van der Waals surface area contributed by atoms with Crippen LogP contribution in [0.15, 0.2) is 5.38 Å². The van der Waals surface area contributed by atoms with E-state index in [1.807, 2.05) is 0 Å². The Morgan fingerprint density at radius 2 is 2.50 bits per heavy atom. The highest BCUT2D eigenvalue weighted by atomic mass is 32.1. The van der Waals surface area contributed by atoms with Crippen LogP contribution in [0.4, 0.5) is 0 Å². The van der Waals surface area contributed by atoms with Crippen molar-refractivity contribution in [3.63, 3.8) is 0 Å². The van der Waals surface area contributed by atoms with E-state index in [-0.39, 0.29) is 10.9 Å². The van der Waals surface area contributed by atoms with Gasteiger partial charge in [0, 0.05) is 5.38 Å². The predicted molar refractivity (Wildman–Crippen MR) is 33.6 cm³/mol. The maximum absolute atomic E-state index is 10.6. The SMILES string of the molecule is COC(=O)c1csc([O])n1. The fourth-order valence-corrected chi connectivity index (χ4v) is 0.968. The zero-order chi connectivity index (χ0) is 7.56. The lowest BCUT2D eigenvalue weighted by Gasteiger charge is -1.89. The Morgan fingerprint density at radius 1 is 1.80 bits per heavy atom. The number of ether oxygens (including phenoxy) is 1. The zero-order valence-corrected chi connectivity index (χ0v) is 5.97. The molecule has 0 saturated heterocycles. The van der Waals surface area contributed by atoms with Crippen LogP contribution < -0.4 is 0 Å². The molecular weight excluding hydrogens is 154 g/mol. The molecule has 0 aliphatic carbocycles. The second kappa shape index (κ2) is 2.66. The van der Waals surface area contributed by atoms with E-state index in [0.717, 1.165) is 11.3 Å². The van der Waals surface area contributed by atoms with E-state index in [9.17, 15) is 9.90 Å². The molecule has 5 heteroatoms. The molecule has 0 bridgehead atoms. The van der Waals surface area contributed by atoms with Gasteiger partial charge in [-0.15, -0.1) is 0 Å². The first-order valence-corrected chi connectivity index (χ1v) is 3.33. The lowest BCUT2D eigenvalue weighted by Crippen LogP contribution is -2.00. The molecule has 0 N–H and O–H groups in total. The summed E-state index contributed by atoms with van der Waals surface area (Å²) in [7, 11) is 1.24. The average molecular weight is 158 g/mol. The van der Waals surface area contributed by atoms with Crippen molar-refractivity contribution in [2.75, 3.05) is 7.11 Å². The molecule has 10 heavy (non-hydrogen) atoms. The van der Waals surface area contributed by atoms with E-state index in [2.05, 4.69) is 9.72 Å². The Morgan fingerprint density at radius 3 is 2.90 bits per heavy atom. The highest BCUT2D eigenvalue weighted by Crippen LogP contribution is 2.16. The Hall–Kier alpha value is -1.10. The monoisotopic (exact) mass is 158 g/mol. The van der Waals surface area contributed by atoms with Crippen molar-refractivity contribution >= 4 is 17.3 Å². The van der Waals surface area contributed by atoms with Crippen molar-refractivity contribution in [1.82, 2.24) is 4.98 Å². The molecule has 0 spiro atoms. The smallest absolute Gasteiger partial charge is 0.357 e. The van der Waals surface area contributed by atoms with Crippen LogP contribution in [0.2, 0.25) is 0 Å². The van der Waals surface area contributed by atoms with Crippen molar-refractivity contribution in [3.05, 3.63) is 11.1 Å². The molecule has 1 aromatic rings. The van der Waals surface area contributed by atoms with Gasteiger partial charge in [-0.25, -0.2) is 4.79 Å². The third-order valence-corrected chi connectivity index (χ3v) is 1.51. The fraction of sp³-hybridized carbons (Fsp3) is 0.200. The summed E-state index contributed by atoms with van der Waals surface area (Å²) in [5.41, 5.74) is 0.0810. The van der Waals surface area contributed by atoms with E-state index in [0.29, 0.717) is 0 Å². The van der Waals surface area contributed by atoms with Crippen LogP contribution in [-0.4, -0.2) is 18.1 Å². The molecule has 1 aromatic heterocycles. The van der Waals surface area contributed by atoms with Crippen LogP contribution in [0.25, 0.3) is 0 Å². The van der Waals surface area contributed by atoms with Gasteiger partial charge in [0.05, 0.1) is 7.11 Å². The van der Waals surface area contributed by atoms with Crippen molar-refractivity contribution in [3.8, 4) is 5.19 Å². The minimum Gasteiger partial charge on any atom is -0.464 e. The van der Waals surface area contributed by atoms with Gasteiger partial charge in [-0.1, -0.05) is 11.3 Å². The molecule has 0 amide bonds. The highest BCUT2D eigenvalue weighted by molar-refractivity contribution is 7.11. The van der Waals surface area contributed by atoms with E-state index < -0.39 is 5.97 Å². The number of thiazole rings is 1. The second-order valence-corrected chi connectivity index (χ2v) is 2.31. The van der Waals surface area contributed by atoms with Gasteiger partial charge in [-0.2, -0.15) is 4.98 Å². The number of hydrogen-bond acceptors (Lipinski definition) is 4. The van der Waals surface area contributed by atoms with E-state index in [1.165, 1.54) is 12.5 Å². The van der Waals surface area contributed by atoms with Crippen LogP contribution in [0.5, 0.6) is 5.19 Å². The lowest BCUT2D eigenvalue weighted by atomic mass is 10.5. The Bertz CT molecular complexity index is 245. The van der Waals surface area contributed by atoms with Crippen molar-refractivity contribution in [2.24, 2.45) is 0 Å². The predicted octanol–water partition coefficient (Wildman–Crippen LogP) is 1.07. The first kappa shape index (κ1) is 7.01. The van der Waals surface area contributed by atoms with Crippen LogP contribution in [0, 0.1) is 0 Å². The number of carbonyl (C=O) groups excluding carboxylic acids is 1. The fourth-order valence-electron chi connectivity index (χ4n) is 0.456. The standard InChI is InChI=1S/C5H4NO3S/c1-9-4(7)3-2-10-5(8)6-3/h2H,1H3. The van der Waals surface area contributed by atoms with Crippen molar-refractivity contribution < 1.29 is 14.6 Å². The minimum absolute atomic E-state index is 0.0810. The molecule has 1 heterocycles. The summed E-state index contributed by atoms with van der Waals surface area (Å²) < 4.78 is 4.32. The van der Waals surface area contributed by atoms with Crippen molar-refractivity contribution in [1.29, 1.82) is 0 Å². The van der Waals surface area contributed by atoms with E-state index in [1.54, 1.807) is 0 Å². The van der Waals surface area contributed by atoms with Crippen molar-refractivity contribution in [2.45, 2.75) is 0 Å². The number of methoxy groups -OCH3 is 1. The summed E-state index contributed by atoms with van der Waals surface area (Å²) in [6, 6.07) is 0. The topological polar surface area (TPSA) is 59.1 Å². The molecule has 4 nitrogen and oxygen atoms in total. The largest absolute Gasteiger partial charge is 0.464 e. The molecule has 1 rings (SSSR count). The Labute approximate surface area is 61.1 Å². The first-order chi connectivity index (χ1) is 4.74. The Balaban J connectivity index is 2.85. The quantitative estimate of drug-likeness (QED) is 0.574. The second-order valence-electron chi connectivity index (χ2n) is 1.49. The van der Waals surface area contributed by atoms with E-state index in [4.69, 9.17) is 0 Å². The summed E-state index contributed by atoms with van der Waals surface area (Å²) in [6.45, 7) is 0. The van der Waals surface area contributed by atoms with Gasteiger partial charge in [-0.05, 0) is 0 Å². The number of hydrogen-bond donors (Lipinski definition) is 0. The number of rotatable bonds is 1. The summed E-state index contributed by atoms with van der Waals surface area (Å²) >= 11 is 0.881. The number of carbonyl (C=O) groups is 1. The summed E-state index contributed by atoms with van der Waals surface area (Å²) in [5, 5.41) is 11.4. The van der Waals surface area contributed by atoms with Gasteiger partial charge in [-0.3, -0.25) is 5.11 Å². The summed E-state index contributed by atoms with van der Waals surface area (Å²) in [4.78, 5) is 14.0. The normalized spacial score (nSPS) is 9.30. The highest BCUT2D eigenvalue weighted by Gasteiger charge is 2.09. The summed E-state index contributed by atoms with van der Waals surface area (Å²) in [6.07, 6.45) is 0. The zero-order valence-electron chi connectivity index (χ0n) is 5.16.